The lowest BCUT2D eigenvalue weighted by Gasteiger charge is -2.33. The maximum Gasteiger partial charge on any atom is -0.0104 e. The third kappa shape index (κ3) is 5.01. The highest BCUT2D eigenvalue weighted by Gasteiger charge is 2.26. The van der Waals surface area contributed by atoms with Gasteiger partial charge >= 0.3 is 0 Å². The molecule has 1 aliphatic carbocycles. The quantitative estimate of drug-likeness (QED) is 0.498. The van der Waals surface area contributed by atoms with E-state index in [2.05, 4.69) is 59.8 Å². The minimum absolute atomic E-state index is 0.373. The zero-order valence-electron chi connectivity index (χ0n) is 13.8. The van der Waals surface area contributed by atoms with Gasteiger partial charge in [0.1, 0.15) is 0 Å². The molecular weight excluding hydrogens is 228 g/mol. The second kappa shape index (κ2) is 7.12. The SMILES string of the molecule is CC=C(C)CCC(C)C=CC1=C(C)CCCC1(C)C. The van der Waals surface area contributed by atoms with Crippen LogP contribution in [0.1, 0.15) is 73.6 Å². The van der Waals surface area contributed by atoms with Gasteiger partial charge in [-0.05, 0) is 69.8 Å². The largest absolute Gasteiger partial charge is 0.0887 e. The van der Waals surface area contributed by atoms with Crippen molar-refractivity contribution < 1.29 is 0 Å². The molecule has 19 heavy (non-hydrogen) atoms. The average molecular weight is 260 g/mol. The fraction of sp³-hybridized carbons (Fsp3) is 0.684. The Bertz CT molecular complexity index is 377. The Balaban J connectivity index is 2.64. The van der Waals surface area contributed by atoms with Crippen molar-refractivity contribution in [2.24, 2.45) is 11.3 Å². The molecule has 0 aromatic heterocycles. The van der Waals surface area contributed by atoms with Crippen LogP contribution in [-0.2, 0) is 0 Å². The number of hydrogen-bond donors (Lipinski definition) is 0. The van der Waals surface area contributed by atoms with E-state index in [1.165, 1.54) is 37.7 Å². The summed E-state index contributed by atoms with van der Waals surface area (Å²) >= 11 is 0. The molecule has 0 radical (unpaired) electrons. The lowest BCUT2D eigenvalue weighted by Crippen LogP contribution is -2.19. The van der Waals surface area contributed by atoms with E-state index in [1.54, 1.807) is 11.1 Å². The summed E-state index contributed by atoms with van der Waals surface area (Å²) in [6, 6.07) is 0. The maximum absolute atomic E-state index is 2.43. The van der Waals surface area contributed by atoms with Crippen LogP contribution in [0.5, 0.6) is 0 Å². The first-order valence-electron chi connectivity index (χ1n) is 7.87. The Kier molecular flexibility index (Phi) is 6.10. The van der Waals surface area contributed by atoms with Gasteiger partial charge in [-0.25, -0.2) is 0 Å². The van der Waals surface area contributed by atoms with E-state index in [-0.39, 0.29) is 0 Å². The molecule has 0 aliphatic heterocycles. The van der Waals surface area contributed by atoms with E-state index in [0.29, 0.717) is 11.3 Å². The Morgan fingerprint density at radius 3 is 2.63 bits per heavy atom. The van der Waals surface area contributed by atoms with Crippen molar-refractivity contribution >= 4 is 0 Å². The monoisotopic (exact) mass is 260 g/mol. The predicted octanol–water partition coefficient (Wildman–Crippen LogP) is 6.45. The second-order valence-corrected chi connectivity index (χ2v) is 6.94. The summed E-state index contributed by atoms with van der Waals surface area (Å²) in [5.41, 5.74) is 5.07. The van der Waals surface area contributed by atoms with Gasteiger partial charge in [-0.15, -0.1) is 0 Å². The standard InChI is InChI=1S/C19H32/c1-7-15(2)10-11-16(3)12-13-18-17(4)9-8-14-19(18,5)6/h7,12-13,16H,8-11,14H2,1-6H3. The molecule has 0 bridgehead atoms. The van der Waals surface area contributed by atoms with Crippen molar-refractivity contribution in [3.8, 4) is 0 Å². The highest BCUT2D eigenvalue weighted by molar-refractivity contribution is 5.32. The molecule has 108 valence electrons. The lowest BCUT2D eigenvalue weighted by atomic mass is 9.72. The molecule has 0 saturated carbocycles. The van der Waals surface area contributed by atoms with Gasteiger partial charge in [-0.1, -0.05) is 50.1 Å². The summed E-state index contributed by atoms with van der Waals surface area (Å²) in [5.74, 6) is 0.674. The molecule has 0 N–H and O–H groups in total. The van der Waals surface area contributed by atoms with Crippen molar-refractivity contribution in [3.05, 3.63) is 34.9 Å². The van der Waals surface area contributed by atoms with Crippen LogP contribution in [0.25, 0.3) is 0 Å². The summed E-state index contributed by atoms with van der Waals surface area (Å²) in [4.78, 5) is 0. The van der Waals surface area contributed by atoms with Gasteiger partial charge in [0.05, 0.1) is 0 Å². The van der Waals surface area contributed by atoms with Crippen molar-refractivity contribution in [3.63, 3.8) is 0 Å². The van der Waals surface area contributed by atoms with Gasteiger partial charge in [0, 0.05) is 0 Å². The van der Waals surface area contributed by atoms with Gasteiger partial charge < -0.3 is 0 Å². The molecule has 0 heteroatoms. The summed E-state index contributed by atoms with van der Waals surface area (Å²) in [6.45, 7) is 13.8. The summed E-state index contributed by atoms with van der Waals surface area (Å²) < 4.78 is 0. The fourth-order valence-corrected chi connectivity index (χ4v) is 2.97. The van der Waals surface area contributed by atoms with E-state index in [1.807, 2.05) is 0 Å². The van der Waals surface area contributed by atoms with Crippen LogP contribution in [0, 0.1) is 11.3 Å². The minimum atomic E-state index is 0.373. The smallest absolute Gasteiger partial charge is 0.0104 e. The van der Waals surface area contributed by atoms with E-state index in [9.17, 15) is 0 Å². The third-order valence-electron chi connectivity index (χ3n) is 4.62. The number of allylic oxidation sites excluding steroid dienone is 6. The van der Waals surface area contributed by atoms with Gasteiger partial charge in [0.2, 0.25) is 0 Å². The van der Waals surface area contributed by atoms with Crippen LogP contribution in [0.4, 0.5) is 0 Å². The highest BCUT2D eigenvalue weighted by Crippen LogP contribution is 2.40. The first kappa shape index (κ1) is 16.3. The van der Waals surface area contributed by atoms with Gasteiger partial charge in [0.25, 0.3) is 0 Å². The normalized spacial score (nSPS) is 22.1. The van der Waals surface area contributed by atoms with Crippen LogP contribution >= 0.6 is 0 Å². The summed E-state index contributed by atoms with van der Waals surface area (Å²) in [5, 5.41) is 0. The number of rotatable bonds is 5. The zero-order chi connectivity index (χ0) is 14.5. The van der Waals surface area contributed by atoms with E-state index in [4.69, 9.17) is 0 Å². The molecular formula is C19H32. The first-order valence-corrected chi connectivity index (χ1v) is 7.87. The highest BCUT2D eigenvalue weighted by atomic mass is 14.3. The predicted molar refractivity (Wildman–Crippen MR) is 87.3 cm³/mol. The molecule has 0 heterocycles. The molecule has 1 aliphatic rings. The van der Waals surface area contributed by atoms with Gasteiger partial charge in [-0.2, -0.15) is 0 Å². The summed E-state index contributed by atoms with van der Waals surface area (Å²) in [7, 11) is 0. The molecule has 1 unspecified atom stereocenters. The molecule has 0 amide bonds. The van der Waals surface area contributed by atoms with E-state index < -0.39 is 0 Å². The van der Waals surface area contributed by atoms with Crippen molar-refractivity contribution in [2.45, 2.75) is 73.6 Å². The van der Waals surface area contributed by atoms with Crippen LogP contribution in [0.15, 0.2) is 34.9 Å². The summed E-state index contributed by atoms with van der Waals surface area (Å²) in [6.07, 6.45) is 13.5. The third-order valence-corrected chi connectivity index (χ3v) is 4.62. The molecule has 0 saturated heterocycles. The first-order chi connectivity index (χ1) is 8.86. The molecule has 1 rings (SSSR count). The molecule has 0 fully saturated rings. The van der Waals surface area contributed by atoms with Crippen molar-refractivity contribution in [1.82, 2.24) is 0 Å². The molecule has 1 atom stereocenters. The Morgan fingerprint density at radius 1 is 1.37 bits per heavy atom. The molecule has 0 aromatic carbocycles. The van der Waals surface area contributed by atoms with Crippen molar-refractivity contribution in [1.29, 1.82) is 0 Å². The second-order valence-electron chi connectivity index (χ2n) is 6.94. The molecule has 0 aromatic rings. The van der Waals surface area contributed by atoms with Crippen LogP contribution in [0.3, 0.4) is 0 Å². The van der Waals surface area contributed by atoms with Gasteiger partial charge in [0.15, 0.2) is 0 Å². The average Bonchev–Trinajstić information content (AvgIpc) is 2.34. The number of hydrogen-bond acceptors (Lipinski definition) is 0. The minimum Gasteiger partial charge on any atom is -0.0887 e. The van der Waals surface area contributed by atoms with Gasteiger partial charge in [-0.3, -0.25) is 0 Å². The maximum atomic E-state index is 2.43. The zero-order valence-corrected chi connectivity index (χ0v) is 13.8. The van der Waals surface area contributed by atoms with E-state index >= 15 is 0 Å². The molecule has 0 spiro atoms. The fourth-order valence-electron chi connectivity index (χ4n) is 2.97. The van der Waals surface area contributed by atoms with E-state index in [0.717, 1.165) is 0 Å². The Labute approximate surface area is 120 Å². The lowest BCUT2D eigenvalue weighted by molar-refractivity contribution is 0.376. The van der Waals surface area contributed by atoms with Crippen LogP contribution in [0.2, 0.25) is 0 Å². The van der Waals surface area contributed by atoms with Crippen molar-refractivity contribution in [2.75, 3.05) is 0 Å². The van der Waals surface area contributed by atoms with Crippen LogP contribution in [-0.4, -0.2) is 0 Å². The topological polar surface area (TPSA) is 0 Å². The Morgan fingerprint density at radius 2 is 2.05 bits per heavy atom. The molecule has 0 nitrogen and oxygen atoms in total. The van der Waals surface area contributed by atoms with Crippen LogP contribution < -0.4 is 0 Å². The Hall–Kier alpha value is -0.780.